The molecule has 2 heterocycles. The van der Waals surface area contributed by atoms with Gasteiger partial charge in [-0.3, -0.25) is 4.90 Å². The molecule has 3 heteroatoms. The Morgan fingerprint density at radius 1 is 1.47 bits per heavy atom. The van der Waals surface area contributed by atoms with Crippen molar-refractivity contribution >= 4 is 0 Å². The second-order valence-corrected chi connectivity index (χ2v) is 5.01. The lowest BCUT2D eigenvalue weighted by Gasteiger charge is -2.35. The van der Waals surface area contributed by atoms with Gasteiger partial charge < -0.3 is 9.88 Å². The number of hydrogen-bond donors (Lipinski definition) is 1. The maximum Gasteiger partial charge on any atom is 0.0538 e. The first-order valence-corrected chi connectivity index (χ1v) is 6.39. The van der Waals surface area contributed by atoms with Gasteiger partial charge in [-0.2, -0.15) is 0 Å². The molecule has 0 bridgehead atoms. The summed E-state index contributed by atoms with van der Waals surface area (Å²) in [7, 11) is 2.13. The number of nitrogens with zero attached hydrogens (tertiary/aromatic N) is 2. The highest BCUT2D eigenvalue weighted by atomic mass is 15.2. The third kappa shape index (κ3) is 2.99. The Hall–Kier alpha value is -1.06. The molecule has 94 valence electrons. The Kier molecular flexibility index (Phi) is 4.02. The molecule has 1 saturated heterocycles. The fourth-order valence-corrected chi connectivity index (χ4v) is 2.57. The van der Waals surface area contributed by atoms with Crippen LogP contribution in [0.5, 0.6) is 0 Å². The average molecular weight is 233 g/mol. The van der Waals surface area contributed by atoms with Crippen molar-refractivity contribution in [2.24, 2.45) is 7.05 Å². The monoisotopic (exact) mass is 233 g/mol. The average Bonchev–Trinajstić information content (AvgIpc) is 2.73. The van der Waals surface area contributed by atoms with Crippen molar-refractivity contribution in [1.29, 1.82) is 0 Å². The Bertz CT molecular complexity index is 375. The summed E-state index contributed by atoms with van der Waals surface area (Å²) in [4.78, 5) is 2.57. The summed E-state index contributed by atoms with van der Waals surface area (Å²) in [5, 5.41) is 3.41. The van der Waals surface area contributed by atoms with Gasteiger partial charge in [-0.1, -0.05) is 5.57 Å². The Balaban J connectivity index is 2.18. The van der Waals surface area contributed by atoms with Crippen LogP contribution in [0.1, 0.15) is 25.1 Å². The first kappa shape index (κ1) is 12.4. The zero-order valence-electron chi connectivity index (χ0n) is 10.9. The second kappa shape index (κ2) is 5.52. The van der Waals surface area contributed by atoms with E-state index < -0.39 is 0 Å². The van der Waals surface area contributed by atoms with Crippen molar-refractivity contribution in [3.05, 3.63) is 36.2 Å². The second-order valence-electron chi connectivity index (χ2n) is 5.01. The molecule has 0 amide bonds. The zero-order valence-corrected chi connectivity index (χ0v) is 10.9. The molecule has 0 spiro atoms. The molecule has 1 aromatic rings. The van der Waals surface area contributed by atoms with Crippen LogP contribution >= 0.6 is 0 Å². The van der Waals surface area contributed by atoms with Gasteiger partial charge in [0.05, 0.1) is 6.04 Å². The summed E-state index contributed by atoms with van der Waals surface area (Å²) >= 11 is 0. The first-order chi connectivity index (χ1) is 8.18. The Labute approximate surface area is 104 Å². The summed E-state index contributed by atoms with van der Waals surface area (Å²) in [6.45, 7) is 10.6. The number of rotatable bonds is 4. The van der Waals surface area contributed by atoms with Gasteiger partial charge in [-0.25, -0.2) is 0 Å². The normalized spacial score (nSPS) is 19.2. The fourth-order valence-electron chi connectivity index (χ4n) is 2.57. The van der Waals surface area contributed by atoms with E-state index in [1.165, 1.54) is 11.3 Å². The summed E-state index contributed by atoms with van der Waals surface area (Å²) in [6.07, 6.45) is 3.18. The van der Waals surface area contributed by atoms with E-state index in [1.807, 2.05) is 0 Å². The number of hydrogen-bond acceptors (Lipinski definition) is 2. The van der Waals surface area contributed by atoms with E-state index in [0.717, 1.165) is 32.6 Å². The summed E-state index contributed by atoms with van der Waals surface area (Å²) in [5.74, 6) is 0. The molecule has 1 fully saturated rings. The number of nitrogens with one attached hydrogen (secondary N) is 1. The molecule has 0 radical (unpaired) electrons. The van der Waals surface area contributed by atoms with Crippen LogP contribution < -0.4 is 5.32 Å². The van der Waals surface area contributed by atoms with E-state index in [9.17, 15) is 0 Å². The molecule has 0 aromatic carbocycles. The van der Waals surface area contributed by atoms with Gasteiger partial charge in [0.1, 0.15) is 0 Å². The first-order valence-electron chi connectivity index (χ1n) is 6.39. The quantitative estimate of drug-likeness (QED) is 0.802. The van der Waals surface area contributed by atoms with Crippen molar-refractivity contribution in [1.82, 2.24) is 14.8 Å². The lowest BCUT2D eigenvalue weighted by Crippen LogP contribution is -2.45. The molecule has 1 aliphatic rings. The molecule has 1 aromatic heterocycles. The van der Waals surface area contributed by atoms with E-state index in [1.54, 1.807) is 0 Å². The van der Waals surface area contributed by atoms with Gasteiger partial charge in [0.25, 0.3) is 0 Å². The highest BCUT2D eigenvalue weighted by Gasteiger charge is 2.23. The third-order valence-corrected chi connectivity index (χ3v) is 3.46. The third-order valence-electron chi connectivity index (χ3n) is 3.46. The molecule has 2 rings (SSSR count). The molecule has 0 saturated carbocycles. The number of aryl methyl sites for hydroxylation is 1. The predicted octanol–water partition coefficient (Wildman–Crippen LogP) is 1.94. The molecular weight excluding hydrogens is 210 g/mol. The molecule has 1 N–H and O–H groups in total. The molecule has 1 aliphatic heterocycles. The minimum atomic E-state index is 0.481. The predicted molar refractivity (Wildman–Crippen MR) is 72.0 cm³/mol. The van der Waals surface area contributed by atoms with Crippen LogP contribution in [0, 0.1) is 0 Å². The fraction of sp³-hybridized carbons (Fsp3) is 0.571. The van der Waals surface area contributed by atoms with Gasteiger partial charge >= 0.3 is 0 Å². The highest BCUT2D eigenvalue weighted by molar-refractivity contribution is 5.15. The van der Waals surface area contributed by atoms with Crippen molar-refractivity contribution in [3.63, 3.8) is 0 Å². The minimum Gasteiger partial charge on any atom is -0.353 e. The van der Waals surface area contributed by atoms with Gasteiger partial charge in [0.2, 0.25) is 0 Å². The standard InChI is InChI=1S/C14H23N3/c1-12(2)11-14(13-5-4-8-16(13)3)17-9-6-15-7-10-17/h4-5,8,14-15H,1,6-7,9-11H2,2-3H3/t14-/m0/s1. The smallest absolute Gasteiger partial charge is 0.0538 e. The van der Waals surface area contributed by atoms with E-state index in [-0.39, 0.29) is 0 Å². The van der Waals surface area contributed by atoms with E-state index >= 15 is 0 Å². The molecule has 17 heavy (non-hydrogen) atoms. The maximum atomic E-state index is 4.08. The molecule has 3 nitrogen and oxygen atoms in total. The van der Waals surface area contributed by atoms with Crippen molar-refractivity contribution in [2.75, 3.05) is 26.2 Å². The Morgan fingerprint density at radius 2 is 2.18 bits per heavy atom. The molecular formula is C14H23N3. The molecule has 0 unspecified atom stereocenters. The van der Waals surface area contributed by atoms with Crippen molar-refractivity contribution < 1.29 is 0 Å². The minimum absolute atomic E-state index is 0.481. The van der Waals surface area contributed by atoms with Gasteiger partial charge in [0, 0.05) is 45.1 Å². The van der Waals surface area contributed by atoms with Crippen LogP contribution in [0.2, 0.25) is 0 Å². The molecule has 0 aliphatic carbocycles. The lowest BCUT2D eigenvalue weighted by molar-refractivity contribution is 0.167. The molecule has 1 atom stereocenters. The van der Waals surface area contributed by atoms with Gasteiger partial charge in [-0.15, -0.1) is 6.58 Å². The van der Waals surface area contributed by atoms with E-state index in [2.05, 4.69) is 53.7 Å². The topological polar surface area (TPSA) is 20.2 Å². The van der Waals surface area contributed by atoms with Crippen molar-refractivity contribution in [3.8, 4) is 0 Å². The lowest BCUT2D eigenvalue weighted by atomic mass is 10.0. The number of aromatic nitrogens is 1. The van der Waals surface area contributed by atoms with Crippen LogP contribution in [0.25, 0.3) is 0 Å². The van der Waals surface area contributed by atoms with Crippen LogP contribution in [0.3, 0.4) is 0 Å². The van der Waals surface area contributed by atoms with E-state index in [4.69, 9.17) is 0 Å². The van der Waals surface area contributed by atoms with Crippen molar-refractivity contribution in [2.45, 2.75) is 19.4 Å². The number of piperazine rings is 1. The summed E-state index contributed by atoms with van der Waals surface area (Å²) < 4.78 is 2.23. The highest BCUT2D eigenvalue weighted by Crippen LogP contribution is 2.27. The summed E-state index contributed by atoms with van der Waals surface area (Å²) in [6, 6.07) is 4.84. The largest absolute Gasteiger partial charge is 0.353 e. The van der Waals surface area contributed by atoms with Gasteiger partial charge in [-0.05, 0) is 25.5 Å². The summed E-state index contributed by atoms with van der Waals surface area (Å²) in [5.41, 5.74) is 2.66. The zero-order chi connectivity index (χ0) is 12.3. The van der Waals surface area contributed by atoms with Crippen LogP contribution in [-0.2, 0) is 7.05 Å². The Morgan fingerprint density at radius 3 is 2.71 bits per heavy atom. The van der Waals surface area contributed by atoms with Crippen LogP contribution in [-0.4, -0.2) is 35.6 Å². The van der Waals surface area contributed by atoms with Gasteiger partial charge in [0.15, 0.2) is 0 Å². The SMILES string of the molecule is C=C(C)C[C@@H](c1cccn1C)N1CCNCC1. The maximum absolute atomic E-state index is 4.08. The van der Waals surface area contributed by atoms with Crippen LogP contribution in [0.15, 0.2) is 30.5 Å². The van der Waals surface area contributed by atoms with E-state index in [0.29, 0.717) is 6.04 Å². The van der Waals surface area contributed by atoms with Crippen LogP contribution in [0.4, 0.5) is 0 Å².